The fourth-order valence-corrected chi connectivity index (χ4v) is 2.68. The molecule has 0 aliphatic heterocycles. The van der Waals surface area contributed by atoms with Crippen LogP contribution in [0.1, 0.15) is 53.0 Å². The number of hydrogen-bond acceptors (Lipinski definition) is 3. The van der Waals surface area contributed by atoms with Crippen molar-refractivity contribution in [2.24, 2.45) is 5.92 Å². The largest absolute Gasteiger partial charge is 0.377 e. The van der Waals surface area contributed by atoms with E-state index in [1.807, 2.05) is 55.9 Å². The minimum atomic E-state index is -0.0133. The second-order valence-electron chi connectivity index (χ2n) is 7.00. The summed E-state index contributed by atoms with van der Waals surface area (Å²) in [7, 11) is 3.97. The molecule has 0 unspecified atom stereocenters. The van der Waals surface area contributed by atoms with Gasteiger partial charge in [0.25, 0.3) is 0 Å². The number of nitrogens with zero attached hydrogens (tertiary/aromatic N) is 2. The highest BCUT2D eigenvalue weighted by molar-refractivity contribution is 5.91. The van der Waals surface area contributed by atoms with Gasteiger partial charge in [-0.25, -0.2) is 0 Å². The molecule has 5 nitrogen and oxygen atoms in total. The Bertz CT molecular complexity index is 597. The van der Waals surface area contributed by atoms with Gasteiger partial charge in [-0.3, -0.25) is 9.59 Å². The van der Waals surface area contributed by atoms with Crippen LogP contribution in [0, 0.1) is 5.92 Å². The predicted molar refractivity (Wildman–Crippen MR) is 105 cm³/mol. The Hall–Kier alpha value is -2.04. The second-order valence-corrected chi connectivity index (χ2v) is 7.00. The Labute approximate surface area is 152 Å². The number of carbonyl (C=O) groups is 2. The number of carbonyl (C=O) groups excluding carboxylic acids is 2. The lowest BCUT2D eigenvalue weighted by molar-refractivity contribution is -0.134. The molecule has 1 atom stereocenters. The molecule has 0 radical (unpaired) electrons. The molecule has 1 N–H and O–H groups in total. The van der Waals surface area contributed by atoms with Crippen LogP contribution in [0.25, 0.3) is 0 Å². The highest BCUT2D eigenvalue weighted by Gasteiger charge is 2.23. The highest BCUT2D eigenvalue weighted by atomic mass is 16.2. The van der Waals surface area contributed by atoms with E-state index in [1.54, 1.807) is 0 Å². The number of amides is 2. The first kappa shape index (κ1) is 21.0. The third-order valence-electron chi connectivity index (χ3n) is 4.59. The fourth-order valence-electron chi connectivity index (χ4n) is 2.68. The van der Waals surface area contributed by atoms with Gasteiger partial charge in [-0.2, -0.15) is 0 Å². The van der Waals surface area contributed by atoms with E-state index < -0.39 is 0 Å². The summed E-state index contributed by atoms with van der Waals surface area (Å²) in [5.41, 5.74) is 2.86. The Morgan fingerprint density at radius 2 is 1.72 bits per heavy atom. The molecule has 2 amide bonds. The van der Waals surface area contributed by atoms with Crippen molar-refractivity contribution in [3.8, 4) is 0 Å². The molecule has 0 bridgehead atoms. The highest BCUT2D eigenvalue weighted by Crippen LogP contribution is 2.26. The van der Waals surface area contributed by atoms with Crippen LogP contribution >= 0.6 is 0 Å². The van der Waals surface area contributed by atoms with Crippen LogP contribution in [0.5, 0.6) is 0 Å². The minimum absolute atomic E-state index is 0.0133. The van der Waals surface area contributed by atoms with Crippen molar-refractivity contribution >= 4 is 23.2 Å². The zero-order valence-corrected chi connectivity index (χ0v) is 16.7. The van der Waals surface area contributed by atoms with Gasteiger partial charge >= 0.3 is 0 Å². The number of anilines is 2. The Morgan fingerprint density at radius 3 is 2.20 bits per heavy atom. The molecule has 0 spiro atoms. The summed E-state index contributed by atoms with van der Waals surface area (Å²) in [6, 6.07) is 6.03. The third-order valence-corrected chi connectivity index (χ3v) is 4.59. The van der Waals surface area contributed by atoms with Crippen molar-refractivity contribution in [2.75, 3.05) is 24.3 Å². The smallest absolute Gasteiger partial charge is 0.224 e. The maximum atomic E-state index is 12.5. The van der Waals surface area contributed by atoms with E-state index in [4.69, 9.17) is 0 Å². The lowest BCUT2D eigenvalue weighted by Crippen LogP contribution is -2.40. The van der Waals surface area contributed by atoms with Crippen molar-refractivity contribution in [2.45, 2.75) is 60.0 Å². The van der Waals surface area contributed by atoms with Crippen molar-refractivity contribution in [1.82, 2.24) is 4.90 Å². The van der Waals surface area contributed by atoms with E-state index in [-0.39, 0.29) is 17.9 Å². The normalized spacial score (nSPS) is 12.0. The van der Waals surface area contributed by atoms with Crippen molar-refractivity contribution in [3.63, 3.8) is 0 Å². The van der Waals surface area contributed by atoms with Crippen molar-refractivity contribution in [1.29, 1.82) is 0 Å². The summed E-state index contributed by atoms with van der Waals surface area (Å²) in [6.45, 7) is 10.6. The van der Waals surface area contributed by atoms with Crippen LogP contribution < -0.4 is 10.2 Å². The molecule has 0 saturated carbocycles. The molecule has 0 aliphatic rings. The second kappa shape index (κ2) is 9.44. The molecular formula is C20H33N3O2. The third kappa shape index (κ3) is 5.76. The van der Waals surface area contributed by atoms with Crippen LogP contribution in [0.15, 0.2) is 18.2 Å². The van der Waals surface area contributed by atoms with Gasteiger partial charge in [0.15, 0.2) is 0 Å². The molecular weight excluding hydrogens is 314 g/mol. The Morgan fingerprint density at radius 1 is 1.08 bits per heavy atom. The van der Waals surface area contributed by atoms with Gasteiger partial charge in [-0.1, -0.05) is 27.7 Å². The van der Waals surface area contributed by atoms with Crippen LogP contribution in [0.4, 0.5) is 11.4 Å². The van der Waals surface area contributed by atoms with Gasteiger partial charge in [-0.05, 0) is 36.6 Å². The molecule has 5 heteroatoms. The van der Waals surface area contributed by atoms with E-state index in [9.17, 15) is 9.59 Å². The summed E-state index contributed by atoms with van der Waals surface area (Å²) in [6.07, 6.45) is 0.927. The van der Waals surface area contributed by atoms with Crippen LogP contribution in [0.2, 0.25) is 0 Å². The average molecular weight is 348 g/mol. The van der Waals surface area contributed by atoms with Gasteiger partial charge in [-0.15, -0.1) is 0 Å². The van der Waals surface area contributed by atoms with E-state index in [0.29, 0.717) is 25.3 Å². The first-order valence-corrected chi connectivity index (χ1v) is 9.10. The Kier molecular flexibility index (Phi) is 7.94. The van der Waals surface area contributed by atoms with Gasteiger partial charge < -0.3 is 15.1 Å². The zero-order chi connectivity index (χ0) is 19.1. The first-order chi connectivity index (χ1) is 11.7. The molecule has 1 aromatic carbocycles. The van der Waals surface area contributed by atoms with E-state index in [1.165, 1.54) is 0 Å². The minimum Gasteiger partial charge on any atom is -0.377 e. The lowest BCUT2D eigenvalue weighted by atomic mass is 10.0. The van der Waals surface area contributed by atoms with Gasteiger partial charge in [0, 0.05) is 50.9 Å². The summed E-state index contributed by atoms with van der Waals surface area (Å²) >= 11 is 0. The molecule has 0 fully saturated rings. The topological polar surface area (TPSA) is 52.7 Å². The van der Waals surface area contributed by atoms with Crippen LogP contribution in [-0.4, -0.2) is 36.9 Å². The number of hydrogen-bond donors (Lipinski definition) is 1. The molecule has 1 rings (SSSR count). The van der Waals surface area contributed by atoms with Crippen molar-refractivity contribution in [3.05, 3.63) is 23.8 Å². The van der Waals surface area contributed by atoms with E-state index in [0.717, 1.165) is 16.9 Å². The number of benzene rings is 1. The number of nitrogens with one attached hydrogen (secondary N) is 1. The standard InChI is InChI=1S/C20H33N3O2/c1-8-19(24)21-17-10-11-18(22(6)7)16(12-17)13-23(20(25)9-2)15(5)14(3)4/h10-12,14-15H,8-9,13H2,1-7H3,(H,21,24)/t15-/m1/s1. The summed E-state index contributed by atoms with van der Waals surface area (Å²) < 4.78 is 0. The molecule has 0 aromatic heterocycles. The average Bonchev–Trinajstić information content (AvgIpc) is 2.57. The number of rotatable bonds is 8. The summed E-state index contributed by atoms with van der Waals surface area (Å²) in [4.78, 5) is 28.2. The van der Waals surface area contributed by atoms with Crippen LogP contribution in [-0.2, 0) is 16.1 Å². The summed E-state index contributed by atoms with van der Waals surface area (Å²) in [5.74, 6) is 0.510. The molecule has 0 heterocycles. The first-order valence-electron chi connectivity index (χ1n) is 9.10. The van der Waals surface area contributed by atoms with Crippen LogP contribution in [0.3, 0.4) is 0 Å². The van der Waals surface area contributed by atoms with E-state index in [2.05, 4.69) is 26.1 Å². The quantitative estimate of drug-likeness (QED) is 0.776. The fraction of sp³-hybridized carbons (Fsp3) is 0.600. The summed E-state index contributed by atoms with van der Waals surface area (Å²) in [5, 5.41) is 2.91. The maximum Gasteiger partial charge on any atom is 0.224 e. The Balaban J connectivity index is 3.22. The molecule has 0 aliphatic carbocycles. The van der Waals surface area contributed by atoms with E-state index >= 15 is 0 Å². The lowest BCUT2D eigenvalue weighted by Gasteiger charge is -2.33. The molecule has 1 aromatic rings. The predicted octanol–water partition coefficient (Wildman–Crippen LogP) is 3.88. The molecule has 25 heavy (non-hydrogen) atoms. The monoisotopic (exact) mass is 347 g/mol. The molecule has 140 valence electrons. The van der Waals surface area contributed by atoms with Gasteiger partial charge in [0.2, 0.25) is 11.8 Å². The van der Waals surface area contributed by atoms with Gasteiger partial charge in [0.1, 0.15) is 0 Å². The molecule has 0 saturated heterocycles. The van der Waals surface area contributed by atoms with Crippen molar-refractivity contribution < 1.29 is 9.59 Å². The SMILES string of the molecule is CCC(=O)Nc1ccc(N(C)C)c(CN(C(=O)CC)[C@H](C)C(C)C)c1. The zero-order valence-electron chi connectivity index (χ0n) is 16.7. The van der Waals surface area contributed by atoms with Gasteiger partial charge in [0.05, 0.1) is 0 Å². The maximum absolute atomic E-state index is 12.5.